The lowest BCUT2D eigenvalue weighted by Gasteiger charge is -2.11. The van der Waals surface area contributed by atoms with Crippen LogP contribution in [0.1, 0.15) is 22.8 Å². The second kappa shape index (κ2) is 8.35. The van der Waals surface area contributed by atoms with Crippen LogP contribution in [0.15, 0.2) is 46.0 Å². The molecule has 24 heavy (non-hydrogen) atoms. The Labute approximate surface area is 148 Å². The third-order valence-corrected chi connectivity index (χ3v) is 3.65. The first kappa shape index (κ1) is 17.8. The molecule has 0 saturated carbocycles. The molecule has 0 fully saturated rings. The van der Waals surface area contributed by atoms with Gasteiger partial charge in [0.15, 0.2) is 11.5 Å². The SMILES string of the molecule is CCOc1cc(/C=N\NC(=O)c2cccc(N)c2)cc(Br)c1OC. The molecule has 0 aliphatic heterocycles. The van der Waals surface area contributed by atoms with Gasteiger partial charge >= 0.3 is 0 Å². The highest BCUT2D eigenvalue weighted by Crippen LogP contribution is 2.36. The number of rotatable bonds is 6. The van der Waals surface area contributed by atoms with Crippen LogP contribution < -0.4 is 20.6 Å². The third-order valence-electron chi connectivity index (χ3n) is 3.06. The summed E-state index contributed by atoms with van der Waals surface area (Å²) in [5, 5.41) is 3.96. The molecule has 7 heteroatoms. The summed E-state index contributed by atoms with van der Waals surface area (Å²) in [5.41, 5.74) is 9.83. The van der Waals surface area contributed by atoms with E-state index in [0.717, 1.165) is 10.0 Å². The smallest absolute Gasteiger partial charge is 0.271 e. The van der Waals surface area contributed by atoms with Crippen molar-refractivity contribution in [3.63, 3.8) is 0 Å². The number of nitrogens with two attached hydrogens (primary N) is 1. The number of halogens is 1. The lowest BCUT2D eigenvalue weighted by Crippen LogP contribution is -2.17. The molecule has 0 aromatic heterocycles. The predicted octanol–water partition coefficient (Wildman–Crippen LogP) is 3.20. The van der Waals surface area contributed by atoms with Gasteiger partial charge in [-0.3, -0.25) is 4.79 Å². The Morgan fingerprint density at radius 3 is 2.83 bits per heavy atom. The molecule has 0 saturated heterocycles. The number of nitrogen functional groups attached to an aromatic ring is 1. The van der Waals surface area contributed by atoms with Gasteiger partial charge in [-0.05, 0) is 58.7 Å². The Kier molecular flexibility index (Phi) is 6.20. The molecule has 0 aliphatic carbocycles. The van der Waals surface area contributed by atoms with Crippen molar-refractivity contribution in [3.8, 4) is 11.5 Å². The summed E-state index contributed by atoms with van der Waals surface area (Å²) >= 11 is 3.43. The van der Waals surface area contributed by atoms with E-state index in [1.165, 1.54) is 6.21 Å². The number of carbonyl (C=O) groups is 1. The minimum atomic E-state index is -0.337. The van der Waals surface area contributed by atoms with Gasteiger partial charge < -0.3 is 15.2 Å². The van der Waals surface area contributed by atoms with Crippen LogP contribution in [0.5, 0.6) is 11.5 Å². The molecule has 0 radical (unpaired) electrons. The van der Waals surface area contributed by atoms with Crippen molar-refractivity contribution in [3.05, 3.63) is 52.0 Å². The van der Waals surface area contributed by atoms with Gasteiger partial charge in [-0.25, -0.2) is 5.43 Å². The molecule has 2 rings (SSSR count). The second-order valence-corrected chi connectivity index (χ2v) is 5.65. The Balaban J connectivity index is 2.12. The van der Waals surface area contributed by atoms with Gasteiger partial charge in [-0.2, -0.15) is 5.10 Å². The lowest BCUT2D eigenvalue weighted by molar-refractivity contribution is 0.0955. The molecule has 2 aromatic rings. The first-order valence-corrected chi connectivity index (χ1v) is 8.03. The maximum absolute atomic E-state index is 12.0. The molecule has 1 amide bonds. The molecule has 2 aromatic carbocycles. The zero-order valence-electron chi connectivity index (χ0n) is 13.4. The molecule has 0 spiro atoms. The van der Waals surface area contributed by atoms with E-state index in [9.17, 15) is 4.79 Å². The van der Waals surface area contributed by atoms with Crippen molar-refractivity contribution < 1.29 is 14.3 Å². The van der Waals surface area contributed by atoms with E-state index in [2.05, 4.69) is 26.5 Å². The highest BCUT2D eigenvalue weighted by atomic mass is 79.9. The molecule has 0 atom stereocenters. The molecule has 0 unspecified atom stereocenters. The predicted molar refractivity (Wildman–Crippen MR) is 97.8 cm³/mol. The summed E-state index contributed by atoms with van der Waals surface area (Å²) in [6, 6.07) is 10.3. The number of anilines is 1. The van der Waals surface area contributed by atoms with Crippen LogP contribution in [0.2, 0.25) is 0 Å². The lowest BCUT2D eigenvalue weighted by atomic mass is 10.2. The Hall–Kier alpha value is -2.54. The molecule has 0 heterocycles. The number of methoxy groups -OCH3 is 1. The number of carbonyl (C=O) groups excluding carboxylic acids is 1. The summed E-state index contributed by atoms with van der Waals surface area (Å²) in [7, 11) is 1.57. The zero-order chi connectivity index (χ0) is 17.5. The fraction of sp³-hybridized carbons (Fsp3) is 0.176. The van der Waals surface area contributed by atoms with E-state index in [1.807, 2.05) is 13.0 Å². The van der Waals surface area contributed by atoms with Crippen LogP contribution in [-0.2, 0) is 0 Å². The third kappa shape index (κ3) is 4.48. The molecular weight excluding hydrogens is 374 g/mol. The van der Waals surface area contributed by atoms with E-state index in [0.29, 0.717) is 29.4 Å². The van der Waals surface area contributed by atoms with Crippen LogP contribution in [0.3, 0.4) is 0 Å². The molecule has 3 N–H and O–H groups in total. The number of hydrazone groups is 1. The minimum absolute atomic E-state index is 0.337. The summed E-state index contributed by atoms with van der Waals surface area (Å²) in [6.07, 6.45) is 1.52. The monoisotopic (exact) mass is 391 g/mol. The number of hydrogen-bond acceptors (Lipinski definition) is 5. The van der Waals surface area contributed by atoms with Gasteiger partial charge in [0.25, 0.3) is 5.91 Å². The van der Waals surface area contributed by atoms with Gasteiger partial charge in [-0.1, -0.05) is 6.07 Å². The van der Waals surface area contributed by atoms with Crippen molar-refractivity contribution in [2.75, 3.05) is 19.5 Å². The number of amides is 1. The first-order chi connectivity index (χ1) is 11.5. The molecule has 0 aliphatic rings. The largest absolute Gasteiger partial charge is 0.492 e. The van der Waals surface area contributed by atoms with Crippen molar-refractivity contribution in [1.29, 1.82) is 0 Å². The van der Waals surface area contributed by atoms with Crippen LogP contribution in [0, 0.1) is 0 Å². The van der Waals surface area contributed by atoms with E-state index < -0.39 is 0 Å². The van der Waals surface area contributed by atoms with Crippen LogP contribution >= 0.6 is 15.9 Å². The number of benzene rings is 2. The topological polar surface area (TPSA) is 85.9 Å². The number of nitrogens with one attached hydrogen (secondary N) is 1. The van der Waals surface area contributed by atoms with Crippen molar-refractivity contribution in [1.82, 2.24) is 5.43 Å². The van der Waals surface area contributed by atoms with Crippen molar-refractivity contribution in [2.45, 2.75) is 6.92 Å². The number of ether oxygens (including phenoxy) is 2. The van der Waals surface area contributed by atoms with Gasteiger partial charge in [0.05, 0.1) is 24.4 Å². The number of nitrogens with zero attached hydrogens (tertiary/aromatic N) is 1. The molecule has 126 valence electrons. The molecular formula is C17H18BrN3O3. The fourth-order valence-corrected chi connectivity index (χ4v) is 2.65. The van der Waals surface area contributed by atoms with Crippen molar-refractivity contribution in [2.24, 2.45) is 5.10 Å². The van der Waals surface area contributed by atoms with Gasteiger partial charge in [-0.15, -0.1) is 0 Å². The van der Waals surface area contributed by atoms with Gasteiger partial charge in [0.2, 0.25) is 0 Å². The maximum atomic E-state index is 12.0. The summed E-state index contributed by atoms with van der Waals surface area (Å²) in [6.45, 7) is 2.40. The Morgan fingerprint density at radius 1 is 1.38 bits per heavy atom. The summed E-state index contributed by atoms with van der Waals surface area (Å²) < 4.78 is 11.6. The number of hydrogen-bond donors (Lipinski definition) is 2. The summed E-state index contributed by atoms with van der Waals surface area (Å²) in [4.78, 5) is 12.0. The fourth-order valence-electron chi connectivity index (χ4n) is 2.03. The van der Waals surface area contributed by atoms with Gasteiger partial charge in [0, 0.05) is 11.3 Å². The average Bonchev–Trinajstić information content (AvgIpc) is 2.55. The zero-order valence-corrected chi connectivity index (χ0v) is 15.0. The quantitative estimate of drug-likeness (QED) is 0.449. The maximum Gasteiger partial charge on any atom is 0.271 e. The van der Waals surface area contributed by atoms with Crippen LogP contribution in [-0.4, -0.2) is 25.8 Å². The van der Waals surface area contributed by atoms with E-state index in [-0.39, 0.29) is 5.91 Å². The van der Waals surface area contributed by atoms with E-state index >= 15 is 0 Å². The standard InChI is InChI=1S/C17H18BrN3O3/c1-3-24-15-8-11(7-14(18)16(15)23-2)10-20-21-17(22)12-5-4-6-13(19)9-12/h4-10H,3,19H2,1-2H3,(H,21,22)/b20-10-. The highest BCUT2D eigenvalue weighted by molar-refractivity contribution is 9.10. The minimum Gasteiger partial charge on any atom is -0.492 e. The van der Waals surface area contributed by atoms with E-state index in [1.54, 1.807) is 37.4 Å². The first-order valence-electron chi connectivity index (χ1n) is 7.24. The summed E-state index contributed by atoms with van der Waals surface area (Å²) in [5.74, 6) is 0.868. The average molecular weight is 392 g/mol. The second-order valence-electron chi connectivity index (χ2n) is 4.79. The van der Waals surface area contributed by atoms with Crippen molar-refractivity contribution >= 4 is 33.7 Å². The Bertz CT molecular complexity index is 763. The van der Waals surface area contributed by atoms with Gasteiger partial charge in [0.1, 0.15) is 0 Å². The normalized spacial score (nSPS) is 10.6. The van der Waals surface area contributed by atoms with E-state index in [4.69, 9.17) is 15.2 Å². The van der Waals surface area contributed by atoms with Crippen LogP contribution in [0.25, 0.3) is 0 Å². The Morgan fingerprint density at radius 2 is 2.17 bits per heavy atom. The van der Waals surface area contributed by atoms with Crippen LogP contribution in [0.4, 0.5) is 5.69 Å². The molecule has 6 nitrogen and oxygen atoms in total. The molecule has 0 bridgehead atoms. The highest BCUT2D eigenvalue weighted by Gasteiger charge is 2.10.